The molecule has 4 heteroatoms. The van der Waals surface area contributed by atoms with Crippen molar-refractivity contribution >= 4 is 10.9 Å². The average Bonchev–Trinajstić information content (AvgIpc) is 2.97. The molecule has 0 N–H and O–H groups in total. The number of aromatic nitrogens is 3. The smallest absolute Gasteiger partial charge is 0.246 e. The van der Waals surface area contributed by atoms with E-state index in [2.05, 4.69) is 52.1 Å². The van der Waals surface area contributed by atoms with Crippen molar-refractivity contribution in [1.29, 1.82) is 0 Å². The number of nitrogens with zero attached hydrogens (tertiary/aromatic N) is 3. The zero-order valence-electron chi connectivity index (χ0n) is 10.6. The molecular formula is C14H15N3O. The lowest BCUT2D eigenvalue weighted by atomic mass is 10.2. The third-order valence-corrected chi connectivity index (χ3v) is 3.06. The van der Waals surface area contributed by atoms with Crippen LogP contribution in [-0.2, 0) is 13.0 Å². The van der Waals surface area contributed by atoms with Crippen molar-refractivity contribution in [3.8, 4) is 0 Å². The van der Waals surface area contributed by atoms with Crippen molar-refractivity contribution < 1.29 is 4.52 Å². The summed E-state index contributed by atoms with van der Waals surface area (Å²) in [6, 6.07) is 8.53. The molecule has 2 aromatic heterocycles. The maximum absolute atomic E-state index is 5.22. The van der Waals surface area contributed by atoms with E-state index in [1.165, 1.54) is 16.5 Å². The Balaban J connectivity index is 1.95. The maximum atomic E-state index is 5.22. The molecule has 0 saturated carbocycles. The molecule has 2 heterocycles. The van der Waals surface area contributed by atoms with Crippen LogP contribution < -0.4 is 0 Å². The SMILES string of the molecule is CCc1noc(Cn2ccc3cc(C)ccc32)n1. The minimum absolute atomic E-state index is 0.625. The summed E-state index contributed by atoms with van der Waals surface area (Å²) in [6.07, 6.45) is 2.86. The third kappa shape index (κ3) is 1.90. The largest absolute Gasteiger partial charge is 0.338 e. The second kappa shape index (κ2) is 4.29. The van der Waals surface area contributed by atoms with Crippen LogP contribution in [0.3, 0.4) is 0 Å². The van der Waals surface area contributed by atoms with Crippen LogP contribution in [0.2, 0.25) is 0 Å². The summed E-state index contributed by atoms with van der Waals surface area (Å²) in [7, 11) is 0. The monoisotopic (exact) mass is 241 g/mol. The lowest BCUT2D eigenvalue weighted by Crippen LogP contribution is -1.98. The molecule has 92 valence electrons. The highest BCUT2D eigenvalue weighted by molar-refractivity contribution is 5.80. The van der Waals surface area contributed by atoms with Crippen LogP contribution in [0.4, 0.5) is 0 Å². The van der Waals surface area contributed by atoms with Crippen LogP contribution in [0.15, 0.2) is 35.0 Å². The van der Waals surface area contributed by atoms with E-state index in [4.69, 9.17) is 4.52 Å². The quantitative estimate of drug-likeness (QED) is 0.708. The first-order valence-electron chi connectivity index (χ1n) is 6.13. The van der Waals surface area contributed by atoms with E-state index in [9.17, 15) is 0 Å². The van der Waals surface area contributed by atoms with E-state index in [0.717, 1.165) is 12.2 Å². The van der Waals surface area contributed by atoms with Gasteiger partial charge in [0.1, 0.15) is 6.54 Å². The summed E-state index contributed by atoms with van der Waals surface area (Å²) < 4.78 is 7.35. The maximum Gasteiger partial charge on any atom is 0.246 e. The van der Waals surface area contributed by atoms with Gasteiger partial charge in [0.25, 0.3) is 0 Å². The van der Waals surface area contributed by atoms with E-state index < -0.39 is 0 Å². The van der Waals surface area contributed by atoms with Gasteiger partial charge in [0.2, 0.25) is 5.89 Å². The first kappa shape index (κ1) is 11.0. The second-order valence-electron chi connectivity index (χ2n) is 4.46. The molecule has 0 unspecified atom stereocenters. The van der Waals surface area contributed by atoms with Gasteiger partial charge in [0.15, 0.2) is 5.82 Å². The molecule has 0 amide bonds. The molecule has 0 aliphatic carbocycles. The van der Waals surface area contributed by atoms with Crippen molar-refractivity contribution in [2.45, 2.75) is 26.8 Å². The summed E-state index contributed by atoms with van der Waals surface area (Å²) >= 11 is 0. The van der Waals surface area contributed by atoms with Crippen molar-refractivity contribution in [3.63, 3.8) is 0 Å². The molecule has 1 aromatic carbocycles. The lowest BCUT2D eigenvalue weighted by molar-refractivity contribution is 0.368. The molecule has 0 aliphatic rings. The third-order valence-electron chi connectivity index (χ3n) is 3.06. The predicted octanol–water partition coefficient (Wildman–Crippen LogP) is 2.94. The Morgan fingerprint density at radius 1 is 1.28 bits per heavy atom. The molecule has 0 bridgehead atoms. The fraction of sp³-hybridized carbons (Fsp3) is 0.286. The Kier molecular flexibility index (Phi) is 2.63. The Morgan fingerprint density at radius 2 is 2.17 bits per heavy atom. The van der Waals surface area contributed by atoms with Gasteiger partial charge < -0.3 is 9.09 Å². The van der Waals surface area contributed by atoms with Gasteiger partial charge in [-0.15, -0.1) is 0 Å². The minimum atomic E-state index is 0.625. The van der Waals surface area contributed by atoms with Crippen LogP contribution >= 0.6 is 0 Å². The molecular weight excluding hydrogens is 226 g/mol. The highest BCUT2D eigenvalue weighted by Crippen LogP contribution is 2.18. The molecule has 0 spiro atoms. The van der Waals surface area contributed by atoms with E-state index >= 15 is 0 Å². The second-order valence-corrected chi connectivity index (χ2v) is 4.46. The van der Waals surface area contributed by atoms with Gasteiger partial charge in [-0.05, 0) is 30.5 Å². The van der Waals surface area contributed by atoms with Gasteiger partial charge in [0, 0.05) is 18.1 Å². The number of benzene rings is 1. The molecule has 0 fully saturated rings. The standard InChI is InChI=1S/C14H15N3O/c1-3-13-15-14(18-16-13)9-17-7-6-11-8-10(2)4-5-12(11)17/h4-8H,3,9H2,1-2H3. The van der Waals surface area contributed by atoms with Crippen LogP contribution in [0.5, 0.6) is 0 Å². The molecule has 0 aliphatic heterocycles. The Hall–Kier alpha value is -2.10. The van der Waals surface area contributed by atoms with Crippen LogP contribution in [0, 0.1) is 6.92 Å². The summed E-state index contributed by atoms with van der Waals surface area (Å²) in [6.45, 7) is 4.74. The zero-order valence-corrected chi connectivity index (χ0v) is 10.6. The van der Waals surface area contributed by atoms with Gasteiger partial charge >= 0.3 is 0 Å². The van der Waals surface area contributed by atoms with Gasteiger partial charge in [-0.25, -0.2) is 0 Å². The molecule has 0 saturated heterocycles. The van der Waals surface area contributed by atoms with E-state index in [1.54, 1.807) is 0 Å². The number of rotatable bonds is 3. The first-order chi connectivity index (χ1) is 8.76. The molecule has 4 nitrogen and oxygen atoms in total. The van der Waals surface area contributed by atoms with E-state index in [0.29, 0.717) is 12.4 Å². The van der Waals surface area contributed by atoms with E-state index in [1.807, 2.05) is 6.92 Å². The number of aryl methyl sites for hydroxylation is 2. The number of hydrogen-bond acceptors (Lipinski definition) is 3. The highest BCUT2D eigenvalue weighted by atomic mass is 16.5. The summed E-state index contributed by atoms with van der Waals surface area (Å²) in [5, 5.41) is 5.15. The zero-order chi connectivity index (χ0) is 12.5. The minimum Gasteiger partial charge on any atom is -0.338 e. The van der Waals surface area contributed by atoms with Crippen LogP contribution in [0.1, 0.15) is 24.2 Å². The van der Waals surface area contributed by atoms with Crippen molar-refractivity contribution in [1.82, 2.24) is 14.7 Å². The number of fused-ring (bicyclic) bond motifs is 1. The summed E-state index contributed by atoms with van der Waals surface area (Å²) in [5.41, 5.74) is 2.46. The predicted molar refractivity (Wildman–Crippen MR) is 69.5 cm³/mol. The van der Waals surface area contributed by atoms with Gasteiger partial charge in [-0.1, -0.05) is 23.7 Å². The van der Waals surface area contributed by atoms with Crippen LogP contribution in [0.25, 0.3) is 10.9 Å². The lowest BCUT2D eigenvalue weighted by Gasteiger charge is -2.01. The van der Waals surface area contributed by atoms with Gasteiger partial charge in [0.05, 0.1) is 0 Å². The average molecular weight is 241 g/mol. The summed E-state index contributed by atoms with van der Waals surface area (Å²) in [4.78, 5) is 4.33. The van der Waals surface area contributed by atoms with Crippen molar-refractivity contribution in [3.05, 3.63) is 47.7 Å². The Labute approximate surface area is 105 Å². The molecule has 18 heavy (non-hydrogen) atoms. The normalized spacial score (nSPS) is 11.2. The summed E-state index contributed by atoms with van der Waals surface area (Å²) in [5.74, 6) is 1.42. The van der Waals surface area contributed by atoms with E-state index in [-0.39, 0.29) is 0 Å². The van der Waals surface area contributed by atoms with Gasteiger partial charge in [-0.3, -0.25) is 0 Å². The Bertz CT molecular complexity index is 681. The number of hydrogen-bond donors (Lipinski definition) is 0. The molecule has 0 radical (unpaired) electrons. The highest BCUT2D eigenvalue weighted by Gasteiger charge is 2.07. The molecule has 3 aromatic rings. The van der Waals surface area contributed by atoms with Crippen molar-refractivity contribution in [2.24, 2.45) is 0 Å². The molecule has 0 atom stereocenters. The first-order valence-corrected chi connectivity index (χ1v) is 6.13. The molecule has 3 rings (SSSR count). The topological polar surface area (TPSA) is 43.9 Å². The Morgan fingerprint density at radius 3 is 2.94 bits per heavy atom. The van der Waals surface area contributed by atoms with Crippen molar-refractivity contribution in [2.75, 3.05) is 0 Å². The van der Waals surface area contributed by atoms with Gasteiger partial charge in [-0.2, -0.15) is 4.98 Å². The fourth-order valence-corrected chi connectivity index (χ4v) is 2.10. The van der Waals surface area contributed by atoms with Crippen LogP contribution in [-0.4, -0.2) is 14.7 Å². The fourth-order valence-electron chi connectivity index (χ4n) is 2.10.